The van der Waals surface area contributed by atoms with Gasteiger partial charge in [0.05, 0.1) is 5.57 Å². The van der Waals surface area contributed by atoms with Crippen molar-refractivity contribution in [1.29, 1.82) is 10.5 Å². The number of nitrogens with zero attached hydrogens (tertiary/aromatic N) is 3. The molecule has 202 valence electrons. The molecule has 0 spiro atoms. The van der Waals surface area contributed by atoms with Crippen LogP contribution in [0.25, 0.3) is 0 Å². The van der Waals surface area contributed by atoms with Crippen LogP contribution in [0.15, 0.2) is 58.0 Å². The van der Waals surface area contributed by atoms with Crippen molar-refractivity contribution in [2.75, 3.05) is 25.0 Å². The molecule has 0 saturated carbocycles. The first-order valence-electron chi connectivity index (χ1n) is 13.2. The van der Waals surface area contributed by atoms with Gasteiger partial charge in [-0.3, -0.25) is 9.59 Å². The highest BCUT2D eigenvalue weighted by atomic mass is 16.4. The third kappa shape index (κ3) is 6.51. The molecule has 0 radical (unpaired) electrons. The Kier molecular flexibility index (Phi) is 10.9. The van der Waals surface area contributed by atoms with E-state index >= 15 is 0 Å². The lowest BCUT2D eigenvalue weighted by atomic mass is 9.73. The second-order valence-electron chi connectivity index (χ2n) is 9.75. The van der Waals surface area contributed by atoms with Crippen LogP contribution < -0.4 is 5.32 Å². The second kappa shape index (κ2) is 13.6. The number of aliphatic hydroxyl groups excluding tert-OH is 1. The number of unbranched alkanes of at least 4 members (excludes halogenated alkanes) is 2. The SMILES string of the molecule is CC1(C)C(=C(CCCCCC(=O)O)C2=C(O)C(=O)C2=C(C#N)C#N)Nc2ccccc21.CCN(CC)CC. The molecule has 1 aliphatic heterocycles. The fourth-order valence-electron chi connectivity index (χ4n) is 4.89. The van der Waals surface area contributed by atoms with Gasteiger partial charge in [-0.25, -0.2) is 0 Å². The Morgan fingerprint density at radius 3 is 2.08 bits per heavy atom. The van der Waals surface area contributed by atoms with Crippen molar-refractivity contribution < 1.29 is 19.8 Å². The fraction of sp³-hybridized carbons (Fsp3) is 0.467. The Morgan fingerprint density at radius 1 is 1.00 bits per heavy atom. The van der Waals surface area contributed by atoms with Gasteiger partial charge in [0, 0.05) is 28.8 Å². The van der Waals surface area contributed by atoms with Crippen molar-refractivity contribution in [2.45, 2.75) is 72.1 Å². The third-order valence-electron chi connectivity index (χ3n) is 7.15. The van der Waals surface area contributed by atoms with E-state index in [-0.39, 0.29) is 23.1 Å². The lowest BCUT2D eigenvalue weighted by Gasteiger charge is -2.30. The molecule has 0 bridgehead atoms. The molecule has 8 heteroatoms. The predicted molar refractivity (Wildman–Crippen MR) is 147 cm³/mol. The van der Waals surface area contributed by atoms with Crippen molar-refractivity contribution in [3.63, 3.8) is 0 Å². The summed E-state index contributed by atoms with van der Waals surface area (Å²) in [7, 11) is 0. The smallest absolute Gasteiger partial charge is 0.303 e. The lowest BCUT2D eigenvalue weighted by molar-refractivity contribution is -0.137. The number of anilines is 1. The van der Waals surface area contributed by atoms with E-state index in [1.54, 1.807) is 12.1 Å². The highest BCUT2D eigenvalue weighted by Crippen LogP contribution is 2.49. The molecule has 0 fully saturated rings. The van der Waals surface area contributed by atoms with Crippen molar-refractivity contribution in [2.24, 2.45) is 0 Å². The Morgan fingerprint density at radius 2 is 1.58 bits per heavy atom. The first-order valence-corrected chi connectivity index (χ1v) is 13.2. The van der Waals surface area contributed by atoms with Gasteiger partial charge in [-0.15, -0.1) is 0 Å². The number of nitrogens with one attached hydrogen (secondary N) is 1. The van der Waals surface area contributed by atoms with Gasteiger partial charge in [-0.05, 0) is 56.1 Å². The van der Waals surface area contributed by atoms with Crippen LogP contribution in [-0.4, -0.2) is 46.5 Å². The van der Waals surface area contributed by atoms with Crippen molar-refractivity contribution >= 4 is 17.4 Å². The van der Waals surface area contributed by atoms with E-state index in [4.69, 9.17) is 5.11 Å². The zero-order valence-electron chi connectivity index (χ0n) is 23.0. The van der Waals surface area contributed by atoms with E-state index in [0.29, 0.717) is 31.3 Å². The highest BCUT2D eigenvalue weighted by Gasteiger charge is 2.43. The maximum Gasteiger partial charge on any atom is 0.303 e. The summed E-state index contributed by atoms with van der Waals surface area (Å²) in [6.45, 7) is 14.2. The van der Waals surface area contributed by atoms with Crippen LogP contribution in [-0.2, 0) is 15.0 Å². The number of aliphatic carboxylic acids is 1. The molecule has 0 amide bonds. The van der Waals surface area contributed by atoms with E-state index in [0.717, 1.165) is 16.9 Å². The zero-order valence-corrected chi connectivity index (χ0v) is 23.0. The monoisotopic (exact) mass is 518 g/mol. The molecule has 0 saturated heterocycles. The number of ketones is 1. The highest BCUT2D eigenvalue weighted by molar-refractivity contribution is 6.21. The molecular weight excluding hydrogens is 480 g/mol. The standard InChI is InChI=1S/C24H23N3O4.C6H15N/c1-24(2)16-9-6-7-10-17(16)27-23(24)15(8-4-3-5-11-18(28)29)20-19(14(12-25)13-26)21(30)22(20)31;1-4-7(5-2)6-3/h6-7,9-10,27,31H,3-5,8,11H2,1-2H3,(H,28,29);4-6H2,1-3H3. The molecule has 1 aromatic carbocycles. The first kappa shape index (κ1) is 30.3. The number of Topliss-reactive ketones (excluding diaryl/α,β-unsaturated/α-hetero) is 1. The number of carbonyl (C=O) groups excluding carboxylic acids is 1. The zero-order chi connectivity index (χ0) is 28.5. The second-order valence-corrected chi connectivity index (χ2v) is 9.75. The topological polar surface area (TPSA) is 137 Å². The summed E-state index contributed by atoms with van der Waals surface area (Å²) in [5, 5.41) is 41.3. The Balaban J connectivity index is 0.000000638. The van der Waals surface area contributed by atoms with Gasteiger partial charge in [0.25, 0.3) is 0 Å². The van der Waals surface area contributed by atoms with Crippen LogP contribution in [0.2, 0.25) is 0 Å². The van der Waals surface area contributed by atoms with Gasteiger partial charge < -0.3 is 20.4 Å². The third-order valence-corrected chi connectivity index (χ3v) is 7.15. The minimum Gasteiger partial charge on any atom is -0.504 e. The van der Waals surface area contributed by atoms with Crippen LogP contribution in [0.1, 0.15) is 72.3 Å². The minimum atomic E-state index is -0.851. The van der Waals surface area contributed by atoms with Crippen molar-refractivity contribution in [3.05, 3.63) is 63.6 Å². The van der Waals surface area contributed by atoms with Gasteiger partial charge in [-0.2, -0.15) is 10.5 Å². The van der Waals surface area contributed by atoms with Crippen molar-refractivity contribution in [1.82, 2.24) is 4.90 Å². The molecule has 3 rings (SSSR count). The molecular formula is C30H38N4O4. The molecule has 1 heterocycles. The number of fused-ring (bicyclic) bond motifs is 1. The van der Waals surface area contributed by atoms with Gasteiger partial charge in [0.15, 0.2) is 5.76 Å². The number of nitriles is 2. The number of carboxylic acids is 1. The van der Waals surface area contributed by atoms with Crippen LogP contribution in [0.4, 0.5) is 5.69 Å². The van der Waals surface area contributed by atoms with E-state index in [9.17, 15) is 25.2 Å². The molecule has 8 nitrogen and oxygen atoms in total. The number of benzene rings is 1. The lowest BCUT2D eigenvalue weighted by Crippen LogP contribution is -2.28. The average Bonchev–Trinajstić information content (AvgIpc) is 3.18. The maximum atomic E-state index is 12.3. The van der Waals surface area contributed by atoms with E-state index in [1.807, 2.05) is 38.1 Å². The molecule has 1 aliphatic carbocycles. The predicted octanol–water partition coefficient (Wildman–Crippen LogP) is 5.77. The van der Waals surface area contributed by atoms with Crippen LogP contribution in [0, 0.1) is 22.7 Å². The number of rotatable bonds is 10. The summed E-state index contributed by atoms with van der Waals surface area (Å²) in [6, 6.07) is 11.3. The summed E-state index contributed by atoms with van der Waals surface area (Å²) < 4.78 is 0. The summed E-state index contributed by atoms with van der Waals surface area (Å²) >= 11 is 0. The normalized spacial score (nSPS) is 16.4. The van der Waals surface area contributed by atoms with Crippen molar-refractivity contribution in [3.8, 4) is 12.1 Å². The Hall–Kier alpha value is -3.88. The number of para-hydroxylation sites is 1. The van der Waals surface area contributed by atoms with Gasteiger partial charge in [-0.1, -0.05) is 59.2 Å². The quantitative estimate of drug-likeness (QED) is 0.202. The van der Waals surface area contributed by atoms with E-state index < -0.39 is 22.9 Å². The molecule has 3 N–H and O–H groups in total. The molecule has 0 atom stereocenters. The summed E-state index contributed by atoms with van der Waals surface area (Å²) in [6.07, 6.45) is 2.34. The molecule has 0 aromatic heterocycles. The number of hydrogen-bond acceptors (Lipinski definition) is 7. The summed E-state index contributed by atoms with van der Waals surface area (Å²) in [5.74, 6) is -2.00. The van der Waals surface area contributed by atoms with Gasteiger partial charge in [0.2, 0.25) is 5.78 Å². The summed E-state index contributed by atoms with van der Waals surface area (Å²) in [5.41, 5.74) is 2.86. The molecule has 1 aromatic rings. The largest absolute Gasteiger partial charge is 0.504 e. The number of hydrogen-bond donors (Lipinski definition) is 3. The number of aliphatic hydroxyl groups is 1. The average molecular weight is 519 g/mol. The Bertz CT molecular complexity index is 1220. The summed E-state index contributed by atoms with van der Waals surface area (Å²) in [4.78, 5) is 25.5. The minimum absolute atomic E-state index is 0.0518. The van der Waals surface area contributed by atoms with Crippen LogP contribution >= 0.6 is 0 Å². The van der Waals surface area contributed by atoms with Gasteiger partial charge >= 0.3 is 5.97 Å². The maximum absolute atomic E-state index is 12.3. The van der Waals surface area contributed by atoms with E-state index in [1.165, 1.54) is 19.6 Å². The fourth-order valence-corrected chi connectivity index (χ4v) is 4.89. The molecule has 2 aliphatic rings. The number of carboxylic acid groups (broad SMARTS) is 1. The number of carbonyl (C=O) groups is 2. The molecule has 38 heavy (non-hydrogen) atoms. The molecule has 0 unspecified atom stereocenters. The van der Waals surface area contributed by atoms with Crippen LogP contribution in [0.5, 0.6) is 0 Å². The number of allylic oxidation sites excluding steroid dienone is 5. The van der Waals surface area contributed by atoms with E-state index in [2.05, 4.69) is 31.0 Å². The first-order chi connectivity index (χ1) is 18.1. The Labute approximate surface area is 225 Å². The van der Waals surface area contributed by atoms with Gasteiger partial charge in [0.1, 0.15) is 17.7 Å². The van der Waals surface area contributed by atoms with Crippen LogP contribution in [0.3, 0.4) is 0 Å².